The van der Waals surface area contributed by atoms with Crippen LogP contribution in [-0.2, 0) is 23.2 Å². The van der Waals surface area contributed by atoms with Crippen LogP contribution in [0.2, 0.25) is 0 Å². The molecule has 0 fully saturated rings. The Kier molecular flexibility index (Phi) is 5.11. The van der Waals surface area contributed by atoms with Gasteiger partial charge in [-0.1, -0.05) is 22.9 Å². The molecule has 5 heteroatoms. The molecule has 0 aliphatic rings. The number of rotatable bonds is 6. The number of hydrogen-bond donors (Lipinski definition) is 0. The lowest BCUT2D eigenvalue weighted by molar-refractivity contribution is 0.125. The first kappa shape index (κ1) is 11.7. The van der Waals surface area contributed by atoms with E-state index in [4.69, 9.17) is 4.74 Å². The maximum absolute atomic E-state index is 5.33. The van der Waals surface area contributed by atoms with E-state index in [1.54, 1.807) is 0 Å². The number of alkyl halides is 1. The second-order valence-corrected chi connectivity index (χ2v) is 3.52. The lowest BCUT2D eigenvalue weighted by Crippen LogP contribution is -2.08. The molecule has 0 unspecified atom stereocenters. The maximum Gasteiger partial charge on any atom is 0.159 e. The van der Waals surface area contributed by atoms with Crippen molar-refractivity contribution in [1.82, 2.24) is 14.8 Å². The zero-order valence-corrected chi connectivity index (χ0v) is 10.2. The predicted octanol–water partition coefficient (Wildman–Crippen LogP) is 2.12. The highest BCUT2D eigenvalue weighted by atomic mass is 79.9. The third kappa shape index (κ3) is 2.78. The maximum atomic E-state index is 5.33. The quantitative estimate of drug-likeness (QED) is 0.737. The Balaban J connectivity index is 2.75. The van der Waals surface area contributed by atoms with E-state index in [2.05, 4.69) is 37.6 Å². The van der Waals surface area contributed by atoms with Gasteiger partial charge in [0.2, 0.25) is 0 Å². The summed E-state index contributed by atoms with van der Waals surface area (Å²) < 4.78 is 7.44. The van der Waals surface area contributed by atoms with E-state index < -0.39 is 0 Å². The van der Waals surface area contributed by atoms with Crippen molar-refractivity contribution >= 4 is 15.9 Å². The van der Waals surface area contributed by atoms with E-state index in [0.717, 1.165) is 29.9 Å². The van der Waals surface area contributed by atoms with E-state index in [0.29, 0.717) is 13.2 Å². The van der Waals surface area contributed by atoms with Crippen molar-refractivity contribution in [2.75, 3.05) is 6.61 Å². The van der Waals surface area contributed by atoms with E-state index in [1.165, 1.54) is 0 Å². The van der Waals surface area contributed by atoms with Gasteiger partial charge in [0, 0.05) is 13.2 Å². The van der Waals surface area contributed by atoms with Crippen LogP contribution in [0.15, 0.2) is 0 Å². The molecular weight excluding hydrogens is 246 g/mol. The molecule has 1 heterocycles. The topological polar surface area (TPSA) is 39.9 Å². The molecule has 80 valence electrons. The molecule has 0 aromatic carbocycles. The van der Waals surface area contributed by atoms with Crippen molar-refractivity contribution in [2.45, 2.75) is 38.8 Å². The van der Waals surface area contributed by atoms with Gasteiger partial charge in [0.15, 0.2) is 5.82 Å². The van der Waals surface area contributed by atoms with E-state index in [1.807, 2.05) is 6.92 Å². The molecular formula is C9H16BrN3O. The minimum absolute atomic E-state index is 0.552. The Morgan fingerprint density at radius 3 is 2.57 bits per heavy atom. The Morgan fingerprint density at radius 2 is 2.00 bits per heavy atom. The molecule has 0 saturated heterocycles. The molecule has 4 nitrogen and oxygen atoms in total. The van der Waals surface area contributed by atoms with Crippen LogP contribution < -0.4 is 0 Å². The average molecular weight is 262 g/mol. The molecule has 0 spiro atoms. The first-order valence-electron chi connectivity index (χ1n) is 4.88. The fraction of sp³-hybridized carbons (Fsp3) is 0.778. The van der Waals surface area contributed by atoms with Crippen LogP contribution in [0.5, 0.6) is 0 Å². The summed E-state index contributed by atoms with van der Waals surface area (Å²) in [5, 5.41) is 8.94. The lowest BCUT2D eigenvalue weighted by Gasteiger charge is -2.07. The fourth-order valence-electron chi connectivity index (χ4n) is 1.25. The van der Waals surface area contributed by atoms with Crippen LogP contribution in [0, 0.1) is 0 Å². The summed E-state index contributed by atoms with van der Waals surface area (Å²) in [6, 6.07) is 0. The van der Waals surface area contributed by atoms with Crippen LogP contribution in [0.25, 0.3) is 0 Å². The molecule has 0 atom stereocenters. The number of ether oxygens (including phenoxy) is 1. The van der Waals surface area contributed by atoms with Gasteiger partial charge in [0.25, 0.3) is 0 Å². The summed E-state index contributed by atoms with van der Waals surface area (Å²) in [6.45, 7) is 6.34. The molecule has 0 aliphatic carbocycles. The Bertz CT molecular complexity index is 275. The standard InChI is InChI=1S/C9H16BrN3O/c1-3-5-13-8(6-10)11-12-9(13)7-14-4-2/h3-7H2,1-2H3. The summed E-state index contributed by atoms with van der Waals surface area (Å²) in [7, 11) is 0. The first-order chi connectivity index (χ1) is 6.83. The zero-order chi connectivity index (χ0) is 10.4. The van der Waals surface area contributed by atoms with E-state index >= 15 is 0 Å². The number of halogens is 1. The van der Waals surface area contributed by atoms with E-state index in [-0.39, 0.29) is 0 Å². The van der Waals surface area contributed by atoms with Gasteiger partial charge in [-0.3, -0.25) is 0 Å². The third-order valence-electron chi connectivity index (χ3n) is 1.91. The second-order valence-electron chi connectivity index (χ2n) is 2.95. The average Bonchev–Trinajstić information content (AvgIpc) is 2.58. The Labute approximate surface area is 92.8 Å². The normalized spacial score (nSPS) is 10.8. The minimum atomic E-state index is 0.552. The largest absolute Gasteiger partial charge is 0.374 e. The van der Waals surface area contributed by atoms with Crippen LogP contribution in [0.4, 0.5) is 0 Å². The molecule has 0 amide bonds. The third-order valence-corrected chi connectivity index (χ3v) is 2.41. The summed E-state index contributed by atoms with van der Waals surface area (Å²) in [5.74, 6) is 1.89. The first-order valence-corrected chi connectivity index (χ1v) is 6.00. The van der Waals surface area contributed by atoms with Crippen LogP contribution in [0.1, 0.15) is 31.9 Å². The van der Waals surface area contributed by atoms with E-state index in [9.17, 15) is 0 Å². The molecule has 1 aromatic rings. The lowest BCUT2D eigenvalue weighted by atomic mass is 10.4. The summed E-state index contributed by atoms with van der Waals surface area (Å²) >= 11 is 3.40. The summed E-state index contributed by atoms with van der Waals surface area (Å²) in [6.07, 6.45) is 1.08. The van der Waals surface area contributed by atoms with Crippen LogP contribution >= 0.6 is 15.9 Å². The fourth-order valence-corrected chi connectivity index (χ4v) is 1.67. The number of nitrogens with zero attached hydrogens (tertiary/aromatic N) is 3. The minimum Gasteiger partial charge on any atom is -0.374 e. The molecule has 0 aliphatic heterocycles. The van der Waals surface area contributed by atoms with Crippen molar-refractivity contribution in [2.24, 2.45) is 0 Å². The van der Waals surface area contributed by atoms with Crippen LogP contribution in [0.3, 0.4) is 0 Å². The highest BCUT2D eigenvalue weighted by Crippen LogP contribution is 2.08. The van der Waals surface area contributed by atoms with Crippen molar-refractivity contribution in [3.63, 3.8) is 0 Å². The van der Waals surface area contributed by atoms with Crippen molar-refractivity contribution in [3.8, 4) is 0 Å². The summed E-state index contributed by atoms with van der Waals surface area (Å²) in [4.78, 5) is 0. The molecule has 1 rings (SSSR count). The molecule has 0 N–H and O–H groups in total. The highest BCUT2D eigenvalue weighted by Gasteiger charge is 2.09. The van der Waals surface area contributed by atoms with Crippen molar-refractivity contribution in [3.05, 3.63) is 11.6 Å². The Morgan fingerprint density at radius 1 is 1.29 bits per heavy atom. The monoisotopic (exact) mass is 261 g/mol. The Hall–Kier alpha value is -0.420. The van der Waals surface area contributed by atoms with Gasteiger partial charge < -0.3 is 9.30 Å². The summed E-state index contributed by atoms with van der Waals surface area (Å²) in [5.41, 5.74) is 0. The molecule has 0 saturated carbocycles. The molecule has 0 radical (unpaired) electrons. The van der Waals surface area contributed by atoms with Crippen molar-refractivity contribution in [1.29, 1.82) is 0 Å². The van der Waals surface area contributed by atoms with Gasteiger partial charge in [-0.2, -0.15) is 0 Å². The van der Waals surface area contributed by atoms with Gasteiger partial charge in [-0.05, 0) is 13.3 Å². The van der Waals surface area contributed by atoms with Gasteiger partial charge in [0.1, 0.15) is 12.4 Å². The zero-order valence-electron chi connectivity index (χ0n) is 8.66. The van der Waals surface area contributed by atoms with Gasteiger partial charge in [-0.15, -0.1) is 10.2 Å². The smallest absolute Gasteiger partial charge is 0.159 e. The number of aromatic nitrogens is 3. The number of hydrogen-bond acceptors (Lipinski definition) is 3. The van der Waals surface area contributed by atoms with Crippen molar-refractivity contribution < 1.29 is 4.74 Å². The van der Waals surface area contributed by atoms with Gasteiger partial charge in [0.05, 0.1) is 5.33 Å². The van der Waals surface area contributed by atoms with Gasteiger partial charge in [-0.25, -0.2) is 0 Å². The molecule has 0 bridgehead atoms. The predicted molar refractivity (Wildman–Crippen MR) is 58.3 cm³/mol. The van der Waals surface area contributed by atoms with Gasteiger partial charge >= 0.3 is 0 Å². The molecule has 1 aromatic heterocycles. The SMILES string of the molecule is CCCn1c(CBr)nnc1COCC. The molecule has 14 heavy (non-hydrogen) atoms. The highest BCUT2D eigenvalue weighted by molar-refractivity contribution is 9.08. The van der Waals surface area contributed by atoms with Crippen LogP contribution in [-0.4, -0.2) is 21.4 Å². The second kappa shape index (κ2) is 6.14.